The summed E-state index contributed by atoms with van der Waals surface area (Å²) in [5, 5.41) is 8.88. The fourth-order valence-corrected chi connectivity index (χ4v) is 2.24. The minimum atomic E-state index is -0.856. The summed E-state index contributed by atoms with van der Waals surface area (Å²) in [5.74, 6) is -0.228. The summed E-state index contributed by atoms with van der Waals surface area (Å²) < 4.78 is 5.73. The largest absolute Gasteiger partial charge is 0.489 e. The molecule has 0 saturated carbocycles. The zero-order valence-corrected chi connectivity index (χ0v) is 12.0. The van der Waals surface area contributed by atoms with E-state index in [9.17, 15) is 4.79 Å². The second-order valence-electron chi connectivity index (χ2n) is 4.31. The number of ether oxygens (including phenoxy) is 1. The molecule has 0 aliphatic carbocycles. The number of hydrogen-bond acceptors (Lipinski definition) is 3. The van der Waals surface area contributed by atoms with E-state index in [-0.39, 0.29) is 6.42 Å². The molecular weight excluding hydrogens is 272 g/mol. The molecule has 0 bridgehead atoms. The molecule has 0 unspecified atom stereocenters. The van der Waals surface area contributed by atoms with Crippen LogP contribution in [-0.2, 0) is 17.8 Å². The van der Waals surface area contributed by atoms with E-state index in [2.05, 4.69) is 0 Å². The molecule has 0 heterocycles. The van der Waals surface area contributed by atoms with Gasteiger partial charge in [-0.3, -0.25) is 4.79 Å². The Bertz CT molecular complexity index is 579. The average molecular weight is 288 g/mol. The van der Waals surface area contributed by atoms with Gasteiger partial charge in [0.2, 0.25) is 0 Å². The van der Waals surface area contributed by atoms with Gasteiger partial charge < -0.3 is 9.84 Å². The van der Waals surface area contributed by atoms with Crippen molar-refractivity contribution < 1.29 is 14.6 Å². The average Bonchev–Trinajstić information content (AvgIpc) is 2.46. The van der Waals surface area contributed by atoms with E-state index in [0.717, 1.165) is 5.56 Å². The first-order valence-electron chi connectivity index (χ1n) is 6.24. The Morgan fingerprint density at radius 2 is 1.85 bits per heavy atom. The molecule has 2 aromatic rings. The second kappa shape index (κ2) is 7.01. The number of carbonyl (C=O) groups is 1. The zero-order chi connectivity index (χ0) is 14.4. The van der Waals surface area contributed by atoms with Crippen molar-refractivity contribution in [3.05, 3.63) is 59.7 Å². The summed E-state index contributed by atoms with van der Waals surface area (Å²) in [5.41, 5.74) is 1.76. The summed E-state index contributed by atoms with van der Waals surface area (Å²) >= 11 is 1.70. The minimum absolute atomic E-state index is 0.0262. The Labute approximate surface area is 122 Å². The van der Waals surface area contributed by atoms with E-state index in [1.807, 2.05) is 42.7 Å². The first-order valence-corrected chi connectivity index (χ1v) is 7.47. The topological polar surface area (TPSA) is 46.5 Å². The van der Waals surface area contributed by atoms with Crippen molar-refractivity contribution in [3.63, 3.8) is 0 Å². The highest BCUT2D eigenvalue weighted by Gasteiger charge is 2.07. The van der Waals surface area contributed by atoms with Gasteiger partial charge in [0, 0.05) is 10.5 Å². The Morgan fingerprint density at radius 3 is 2.50 bits per heavy atom. The van der Waals surface area contributed by atoms with Crippen molar-refractivity contribution in [1.82, 2.24) is 0 Å². The van der Waals surface area contributed by atoms with E-state index < -0.39 is 5.97 Å². The predicted molar refractivity (Wildman–Crippen MR) is 80.3 cm³/mol. The predicted octanol–water partition coefficient (Wildman–Crippen LogP) is 3.61. The summed E-state index contributed by atoms with van der Waals surface area (Å²) in [6, 6.07) is 15.4. The van der Waals surface area contributed by atoms with Gasteiger partial charge in [0.15, 0.2) is 0 Å². The molecule has 0 aliphatic heterocycles. The third-order valence-corrected chi connectivity index (χ3v) is 3.61. The number of hydrogen-bond donors (Lipinski definition) is 1. The van der Waals surface area contributed by atoms with Crippen LogP contribution in [0.5, 0.6) is 5.75 Å². The molecule has 0 amide bonds. The lowest BCUT2D eigenvalue weighted by atomic mass is 10.1. The van der Waals surface area contributed by atoms with Crippen LogP contribution in [0.25, 0.3) is 0 Å². The highest BCUT2D eigenvalue weighted by atomic mass is 32.2. The van der Waals surface area contributed by atoms with Crippen molar-refractivity contribution in [2.45, 2.75) is 17.9 Å². The maximum Gasteiger partial charge on any atom is 0.307 e. The Balaban J connectivity index is 2.04. The number of carboxylic acids is 1. The van der Waals surface area contributed by atoms with Gasteiger partial charge in [0.05, 0.1) is 6.42 Å². The van der Waals surface area contributed by atoms with Crippen LogP contribution in [0.3, 0.4) is 0 Å². The minimum Gasteiger partial charge on any atom is -0.489 e. The third kappa shape index (κ3) is 4.03. The summed E-state index contributed by atoms with van der Waals surface area (Å²) in [6.45, 7) is 0.436. The van der Waals surface area contributed by atoms with Gasteiger partial charge in [-0.1, -0.05) is 30.3 Å². The van der Waals surface area contributed by atoms with Gasteiger partial charge in [-0.25, -0.2) is 0 Å². The second-order valence-corrected chi connectivity index (χ2v) is 5.19. The molecule has 2 aromatic carbocycles. The molecule has 1 N–H and O–H groups in total. The van der Waals surface area contributed by atoms with Gasteiger partial charge >= 0.3 is 5.97 Å². The fourth-order valence-electron chi connectivity index (χ4n) is 1.84. The smallest absolute Gasteiger partial charge is 0.307 e. The van der Waals surface area contributed by atoms with Gasteiger partial charge in [-0.2, -0.15) is 0 Å². The molecule has 3 nitrogen and oxygen atoms in total. The van der Waals surface area contributed by atoms with Crippen LogP contribution >= 0.6 is 11.8 Å². The highest BCUT2D eigenvalue weighted by molar-refractivity contribution is 7.98. The quantitative estimate of drug-likeness (QED) is 0.825. The number of benzene rings is 2. The van der Waals surface area contributed by atoms with Gasteiger partial charge in [-0.05, 0) is 30.0 Å². The van der Waals surface area contributed by atoms with E-state index in [1.54, 1.807) is 23.9 Å². The lowest BCUT2D eigenvalue weighted by Crippen LogP contribution is -2.04. The summed E-state index contributed by atoms with van der Waals surface area (Å²) in [7, 11) is 0. The Hall–Kier alpha value is -1.94. The van der Waals surface area contributed by atoms with Crippen molar-refractivity contribution in [2.24, 2.45) is 0 Å². The number of rotatable bonds is 6. The van der Waals surface area contributed by atoms with Crippen LogP contribution in [-0.4, -0.2) is 17.3 Å². The zero-order valence-electron chi connectivity index (χ0n) is 11.2. The van der Waals surface area contributed by atoms with Gasteiger partial charge in [0.1, 0.15) is 12.4 Å². The first kappa shape index (κ1) is 14.5. The molecule has 104 valence electrons. The number of thioether (sulfide) groups is 1. The molecule has 0 saturated heterocycles. The van der Waals surface area contributed by atoms with E-state index in [4.69, 9.17) is 9.84 Å². The number of carboxylic acid groups (broad SMARTS) is 1. The SMILES string of the molecule is CSc1ccc(COc2ccccc2CC(=O)O)cc1. The van der Waals surface area contributed by atoms with Crippen molar-refractivity contribution in [1.29, 1.82) is 0 Å². The molecule has 0 spiro atoms. The first-order chi connectivity index (χ1) is 9.69. The van der Waals surface area contributed by atoms with E-state index >= 15 is 0 Å². The molecule has 0 fully saturated rings. The highest BCUT2D eigenvalue weighted by Crippen LogP contribution is 2.21. The third-order valence-electron chi connectivity index (χ3n) is 2.87. The molecule has 0 aromatic heterocycles. The maximum atomic E-state index is 10.8. The molecule has 2 rings (SSSR count). The number of aliphatic carboxylic acids is 1. The molecule has 20 heavy (non-hydrogen) atoms. The molecule has 0 aliphatic rings. The normalized spacial score (nSPS) is 10.2. The van der Waals surface area contributed by atoms with Crippen LogP contribution in [0.1, 0.15) is 11.1 Å². The van der Waals surface area contributed by atoms with Crippen LogP contribution in [0.15, 0.2) is 53.4 Å². The van der Waals surface area contributed by atoms with Crippen molar-refractivity contribution in [2.75, 3.05) is 6.26 Å². The van der Waals surface area contributed by atoms with Crippen molar-refractivity contribution >= 4 is 17.7 Å². The Kier molecular flexibility index (Phi) is 5.07. The lowest BCUT2D eigenvalue weighted by molar-refractivity contribution is -0.136. The van der Waals surface area contributed by atoms with Crippen LogP contribution < -0.4 is 4.74 Å². The molecule has 0 radical (unpaired) electrons. The molecular formula is C16H16O3S. The summed E-state index contributed by atoms with van der Waals surface area (Å²) in [4.78, 5) is 12.0. The fraction of sp³-hybridized carbons (Fsp3) is 0.188. The van der Waals surface area contributed by atoms with Crippen molar-refractivity contribution in [3.8, 4) is 5.75 Å². The summed E-state index contributed by atoms with van der Waals surface area (Å²) in [6.07, 6.45) is 2.01. The van der Waals surface area contributed by atoms with Crippen LogP contribution in [0.2, 0.25) is 0 Å². The maximum absolute atomic E-state index is 10.8. The monoisotopic (exact) mass is 288 g/mol. The van der Waals surface area contributed by atoms with Crippen LogP contribution in [0.4, 0.5) is 0 Å². The molecule has 4 heteroatoms. The Morgan fingerprint density at radius 1 is 1.15 bits per heavy atom. The lowest BCUT2D eigenvalue weighted by Gasteiger charge is -2.10. The van der Waals surface area contributed by atoms with E-state index in [1.165, 1.54) is 4.90 Å². The standard InChI is InChI=1S/C16H16O3S/c1-20-14-8-6-12(7-9-14)11-19-15-5-3-2-4-13(15)10-16(17)18/h2-9H,10-11H2,1H3,(H,17,18). The van der Waals surface area contributed by atoms with Gasteiger partial charge in [-0.15, -0.1) is 11.8 Å². The molecule has 0 atom stereocenters. The van der Waals surface area contributed by atoms with E-state index in [0.29, 0.717) is 17.9 Å². The van der Waals surface area contributed by atoms with Crippen LogP contribution in [0, 0.1) is 0 Å². The number of para-hydroxylation sites is 1. The van der Waals surface area contributed by atoms with Gasteiger partial charge in [0.25, 0.3) is 0 Å².